The van der Waals surface area contributed by atoms with Gasteiger partial charge in [0.05, 0.1) is 19.4 Å². The zero-order valence-corrected chi connectivity index (χ0v) is 11.8. The van der Waals surface area contributed by atoms with Gasteiger partial charge >= 0.3 is 24.1 Å². The van der Waals surface area contributed by atoms with Crippen molar-refractivity contribution >= 4 is 6.20 Å². The van der Waals surface area contributed by atoms with E-state index in [4.69, 9.17) is 0 Å². The summed E-state index contributed by atoms with van der Waals surface area (Å²) < 4.78 is 119. The average Bonchev–Trinajstić information content (AvgIpc) is 2.81. The normalized spacial score (nSPS) is 14.0. The van der Waals surface area contributed by atoms with Gasteiger partial charge in [-0.2, -0.15) is 39.5 Å². The van der Waals surface area contributed by atoms with Gasteiger partial charge in [-0.1, -0.05) is 6.58 Å². The maximum atomic E-state index is 12.6. The lowest BCUT2D eigenvalue weighted by Gasteiger charge is -2.37. The number of hydrogen-bond donors (Lipinski definition) is 0. The molecule has 0 aromatic carbocycles. The van der Waals surface area contributed by atoms with Crippen LogP contribution in [0.2, 0.25) is 0 Å². The zero-order chi connectivity index (χ0) is 18.8. The predicted molar refractivity (Wildman–Crippen MR) is 62.5 cm³/mol. The van der Waals surface area contributed by atoms with Gasteiger partial charge in [-0.3, -0.25) is 0 Å². The van der Waals surface area contributed by atoms with E-state index < -0.39 is 37.2 Å². The maximum Gasteiger partial charge on any atom is 0.435 e. The van der Waals surface area contributed by atoms with Crippen molar-refractivity contribution in [2.24, 2.45) is 0 Å². The van der Waals surface area contributed by atoms with Crippen molar-refractivity contribution in [2.75, 3.05) is 6.61 Å². The lowest BCUT2D eigenvalue weighted by molar-refractivity contribution is -0.696. The summed E-state index contributed by atoms with van der Waals surface area (Å²) in [7, 11) is 0. The third kappa shape index (κ3) is 3.84. The molecule has 0 radical (unpaired) electrons. The molecule has 0 bridgehead atoms. The highest BCUT2D eigenvalue weighted by molar-refractivity contribution is 5.13. The predicted octanol–water partition coefficient (Wildman–Crippen LogP) is 3.71. The van der Waals surface area contributed by atoms with Gasteiger partial charge in [0, 0.05) is 6.42 Å². The first kappa shape index (κ1) is 20.3. The van der Waals surface area contributed by atoms with Gasteiger partial charge in [-0.05, 0) is 0 Å². The number of ether oxygens (including phenoxy) is 1. The summed E-state index contributed by atoms with van der Waals surface area (Å²) in [5.41, 5.74) is -6.22. The second-order valence-corrected chi connectivity index (χ2v) is 4.66. The number of aromatic nitrogens is 2. The van der Waals surface area contributed by atoms with E-state index in [2.05, 4.69) is 11.3 Å². The van der Waals surface area contributed by atoms with Gasteiger partial charge in [-0.25, -0.2) is 9.13 Å². The number of rotatable bonds is 6. The summed E-state index contributed by atoms with van der Waals surface area (Å²) >= 11 is 0. The van der Waals surface area contributed by atoms with E-state index in [1.165, 1.54) is 34.1 Å². The Morgan fingerprint density at radius 2 is 1.46 bits per heavy atom. The highest BCUT2D eigenvalue weighted by Gasteiger charge is 2.85. The Hall–Kier alpha value is -1.72. The van der Waals surface area contributed by atoms with Crippen LogP contribution in [0.15, 0.2) is 25.3 Å². The molecule has 0 saturated carbocycles. The van der Waals surface area contributed by atoms with Gasteiger partial charge in [0.25, 0.3) is 0 Å². The number of imidazole rings is 1. The largest absolute Gasteiger partial charge is 0.435 e. The van der Waals surface area contributed by atoms with E-state index in [-0.39, 0.29) is 6.54 Å². The van der Waals surface area contributed by atoms with Crippen molar-refractivity contribution in [3.05, 3.63) is 25.3 Å². The third-order valence-electron chi connectivity index (χ3n) is 3.00. The molecule has 1 rings (SSSR count). The summed E-state index contributed by atoms with van der Waals surface area (Å²) in [6, 6.07) is 0. The van der Waals surface area contributed by atoms with Crippen molar-refractivity contribution in [3.8, 4) is 0 Å². The first-order chi connectivity index (χ1) is 10.8. The molecule has 138 valence electrons. The molecule has 0 spiro atoms. The van der Waals surface area contributed by atoms with Crippen LogP contribution in [0.4, 0.5) is 39.5 Å². The summed E-state index contributed by atoms with van der Waals surface area (Å²) in [4.78, 5) is 0. The molecule has 0 aliphatic rings. The Balaban J connectivity index is 2.88. The Labute approximate surface area is 129 Å². The molecule has 0 aliphatic carbocycles. The quantitative estimate of drug-likeness (QED) is 0.424. The first-order valence-corrected chi connectivity index (χ1v) is 6.29. The van der Waals surface area contributed by atoms with Crippen LogP contribution < -0.4 is 4.57 Å². The van der Waals surface area contributed by atoms with E-state index >= 15 is 0 Å². The number of alkyl halides is 9. The fourth-order valence-electron chi connectivity index (χ4n) is 1.85. The number of halogens is 9. The Morgan fingerprint density at radius 3 is 1.83 bits per heavy atom. The number of aryl methyl sites for hydroxylation is 1. The molecule has 12 heteroatoms. The summed E-state index contributed by atoms with van der Waals surface area (Å²) in [6.45, 7) is 1.86. The van der Waals surface area contributed by atoms with Gasteiger partial charge in [0.2, 0.25) is 6.33 Å². The molecule has 0 saturated heterocycles. The molecule has 0 atom stereocenters. The van der Waals surface area contributed by atoms with Crippen LogP contribution in [0, 0.1) is 0 Å². The average molecular weight is 371 g/mol. The van der Waals surface area contributed by atoms with E-state index in [1.807, 2.05) is 0 Å². The smallest absolute Gasteiger partial charge is 0.351 e. The second-order valence-electron chi connectivity index (χ2n) is 4.66. The van der Waals surface area contributed by atoms with Crippen LogP contribution in [-0.4, -0.2) is 35.3 Å². The summed E-state index contributed by atoms with van der Waals surface area (Å²) in [5, 5.41) is 0. The SMILES string of the molecule is C=Cn1cc[n+](CCCOC(C(F)(F)F)(C(F)(F)F)C(F)(F)F)c1. The second kappa shape index (κ2) is 6.65. The van der Waals surface area contributed by atoms with E-state index in [0.29, 0.717) is 0 Å². The van der Waals surface area contributed by atoms with Crippen molar-refractivity contribution in [1.29, 1.82) is 0 Å². The number of nitrogens with zero attached hydrogens (tertiary/aromatic N) is 2. The summed E-state index contributed by atoms with van der Waals surface area (Å²) in [6.07, 6.45) is -15.0. The molecular weight excluding hydrogens is 359 g/mol. The topological polar surface area (TPSA) is 18.0 Å². The zero-order valence-electron chi connectivity index (χ0n) is 11.8. The van der Waals surface area contributed by atoms with Crippen LogP contribution in [0.25, 0.3) is 6.20 Å². The highest BCUT2D eigenvalue weighted by Crippen LogP contribution is 2.54. The molecule has 0 fully saturated rings. The standard InChI is InChI=1S/C12H12F9N2O/c1-2-22-5-6-23(8-22)4-3-7-24-9(10(13,14)15,11(16,17)18)12(19,20)21/h2,5-6,8H,1,3-4,7H2/q+1. The van der Waals surface area contributed by atoms with Crippen LogP contribution >= 0.6 is 0 Å². The lowest BCUT2D eigenvalue weighted by Crippen LogP contribution is -2.67. The monoisotopic (exact) mass is 371 g/mol. The molecule has 0 amide bonds. The van der Waals surface area contributed by atoms with E-state index in [9.17, 15) is 39.5 Å². The lowest BCUT2D eigenvalue weighted by atomic mass is 10.0. The molecular formula is C12H12F9N2O+. The van der Waals surface area contributed by atoms with E-state index in [1.54, 1.807) is 0 Å². The molecule has 3 nitrogen and oxygen atoms in total. The third-order valence-corrected chi connectivity index (χ3v) is 3.00. The van der Waals surface area contributed by atoms with Crippen LogP contribution in [0.3, 0.4) is 0 Å². The minimum atomic E-state index is -6.71. The molecule has 0 aliphatic heterocycles. The molecule has 0 unspecified atom stereocenters. The Kier molecular flexibility index (Phi) is 5.63. The fraction of sp³-hybridized carbons (Fsp3) is 0.583. The molecule has 0 N–H and O–H groups in total. The van der Waals surface area contributed by atoms with Gasteiger partial charge in [-0.15, -0.1) is 0 Å². The number of hydrogen-bond acceptors (Lipinski definition) is 1. The minimum Gasteiger partial charge on any atom is -0.351 e. The van der Waals surface area contributed by atoms with Gasteiger partial charge in [0.1, 0.15) is 12.4 Å². The van der Waals surface area contributed by atoms with Crippen molar-refractivity contribution < 1.29 is 48.8 Å². The fourth-order valence-corrected chi connectivity index (χ4v) is 1.85. The Bertz CT molecular complexity index is 520. The maximum absolute atomic E-state index is 12.6. The van der Waals surface area contributed by atoms with Crippen molar-refractivity contribution in [2.45, 2.75) is 37.1 Å². The van der Waals surface area contributed by atoms with Crippen molar-refractivity contribution in [3.63, 3.8) is 0 Å². The molecule has 24 heavy (non-hydrogen) atoms. The van der Waals surface area contributed by atoms with E-state index in [0.717, 1.165) is 0 Å². The first-order valence-electron chi connectivity index (χ1n) is 6.29. The van der Waals surface area contributed by atoms with Crippen LogP contribution in [0.1, 0.15) is 6.42 Å². The summed E-state index contributed by atoms with van der Waals surface area (Å²) in [5.74, 6) is 0. The highest BCUT2D eigenvalue weighted by atomic mass is 19.4. The van der Waals surface area contributed by atoms with Crippen LogP contribution in [0.5, 0.6) is 0 Å². The van der Waals surface area contributed by atoms with Crippen molar-refractivity contribution in [1.82, 2.24) is 4.57 Å². The van der Waals surface area contributed by atoms with Gasteiger partial charge < -0.3 is 4.74 Å². The van der Waals surface area contributed by atoms with Gasteiger partial charge in [0.15, 0.2) is 0 Å². The van der Waals surface area contributed by atoms with Crippen LogP contribution in [-0.2, 0) is 11.3 Å². The molecule has 1 aromatic heterocycles. The minimum absolute atomic E-state index is 0.148. The molecule has 1 heterocycles. The molecule has 1 aromatic rings. The Morgan fingerprint density at radius 1 is 0.958 bits per heavy atom.